The van der Waals surface area contributed by atoms with E-state index < -0.39 is 60.7 Å². The van der Waals surface area contributed by atoms with Crippen molar-refractivity contribution in [3.63, 3.8) is 0 Å². The highest BCUT2D eigenvalue weighted by atomic mass is 16.5. The number of carbonyl (C=O) groups is 1. The van der Waals surface area contributed by atoms with Gasteiger partial charge in [0.2, 0.25) is 0 Å². The molecule has 1 saturated heterocycles. The number of hydrogen-bond donors (Lipinski definition) is 7. The van der Waals surface area contributed by atoms with Crippen molar-refractivity contribution in [1.82, 2.24) is 0 Å². The Morgan fingerprint density at radius 1 is 0.952 bits per heavy atom. The molecule has 7 N–H and O–H groups in total. The molecule has 21 heavy (non-hydrogen) atoms. The summed E-state index contributed by atoms with van der Waals surface area (Å²) in [5, 5.41) is 66.6. The van der Waals surface area contributed by atoms with Crippen LogP contribution in [-0.4, -0.2) is 96.5 Å². The predicted molar refractivity (Wildman–Crippen MR) is 67.1 cm³/mol. The Hall–Kier alpha value is -0.650. The summed E-state index contributed by atoms with van der Waals surface area (Å²) in [5.74, 6) is -1.17. The van der Waals surface area contributed by atoms with Gasteiger partial charge in [0.15, 0.2) is 5.78 Å². The van der Waals surface area contributed by atoms with Crippen LogP contribution in [0.3, 0.4) is 0 Å². The quantitative estimate of drug-likeness (QED) is 0.267. The molecule has 9 heteroatoms. The number of carbonyl (C=O) groups excluding carboxylic acids is 1. The van der Waals surface area contributed by atoms with E-state index in [0.29, 0.717) is 0 Å². The highest BCUT2D eigenvalue weighted by Crippen LogP contribution is 2.23. The molecule has 1 unspecified atom stereocenters. The number of aliphatic hydroxyl groups is 7. The molecule has 0 aromatic rings. The maximum Gasteiger partial charge on any atom is 0.195 e. The fourth-order valence-electron chi connectivity index (χ4n) is 2.10. The van der Waals surface area contributed by atoms with E-state index in [9.17, 15) is 35.4 Å². The Morgan fingerprint density at radius 3 is 1.95 bits per heavy atom. The van der Waals surface area contributed by atoms with Crippen molar-refractivity contribution in [2.24, 2.45) is 0 Å². The van der Waals surface area contributed by atoms with Crippen LogP contribution in [0.15, 0.2) is 0 Å². The van der Waals surface area contributed by atoms with Gasteiger partial charge in [-0.3, -0.25) is 4.79 Å². The fraction of sp³-hybridized carbons (Fsp3) is 0.917. The second-order valence-electron chi connectivity index (χ2n) is 5.30. The minimum absolute atomic E-state index is 0.983. The number of Topliss-reactive ketones (excluding diaryl/α,β-unsaturated/α-hetero) is 1. The lowest BCUT2D eigenvalue weighted by atomic mass is 9.89. The van der Waals surface area contributed by atoms with Gasteiger partial charge in [-0.2, -0.15) is 0 Å². The van der Waals surface area contributed by atoms with Crippen LogP contribution >= 0.6 is 0 Å². The molecule has 0 bridgehead atoms. The van der Waals surface area contributed by atoms with Crippen LogP contribution in [0.5, 0.6) is 0 Å². The summed E-state index contributed by atoms with van der Waals surface area (Å²) in [7, 11) is 0. The SMILES string of the molecule is C[C@@H](O)[C@H](O)[C@H](O)[C@@H](O)C(=O)C1O[C@H](C)[C@H](O)[C@H](O)[C@H]1O. The van der Waals surface area contributed by atoms with Gasteiger partial charge in [0, 0.05) is 0 Å². The van der Waals surface area contributed by atoms with Crippen LogP contribution < -0.4 is 0 Å². The van der Waals surface area contributed by atoms with Gasteiger partial charge in [-0.15, -0.1) is 0 Å². The van der Waals surface area contributed by atoms with E-state index in [1.54, 1.807) is 0 Å². The standard InChI is InChI=1S/C12H22O9/c1-3(13)5(14)7(16)9(18)11(20)12-10(19)8(17)6(15)4(2)21-12/h3-10,12-19H,1-2H3/t3-,4-,5+,6+,7+,8+,9-,10-,12?/m1/s1. The van der Waals surface area contributed by atoms with E-state index in [0.717, 1.165) is 6.92 Å². The predicted octanol–water partition coefficient (Wildman–Crippen LogP) is -4.11. The third kappa shape index (κ3) is 3.76. The molecule has 1 aliphatic heterocycles. The zero-order valence-electron chi connectivity index (χ0n) is 11.6. The molecule has 1 fully saturated rings. The minimum atomic E-state index is -2.14. The van der Waals surface area contributed by atoms with E-state index in [4.69, 9.17) is 9.84 Å². The molecular formula is C12H22O9. The van der Waals surface area contributed by atoms with E-state index in [1.165, 1.54) is 6.92 Å². The van der Waals surface area contributed by atoms with Crippen molar-refractivity contribution < 1.29 is 45.3 Å². The molecule has 0 radical (unpaired) electrons. The first-order valence-electron chi connectivity index (χ1n) is 6.55. The third-order valence-electron chi connectivity index (χ3n) is 3.59. The summed E-state index contributed by atoms with van der Waals surface area (Å²) in [4.78, 5) is 12.0. The summed E-state index contributed by atoms with van der Waals surface area (Å²) >= 11 is 0. The largest absolute Gasteiger partial charge is 0.391 e. The average molecular weight is 310 g/mol. The van der Waals surface area contributed by atoms with Crippen molar-refractivity contribution in [1.29, 1.82) is 0 Å². The molecule has 0 saturated carbocycles. The van der Waals surface area contributed by atoms with Crippen LogP contribution in [-0.2, 0) is 9.53 Å². The Balaban J connectivity index is 2.82. The van der Waals surface area contributed by atoms with Crippen LogP contribution in [0.1, 0.15) is 13.8 Å². The van der Waals surface area contributed by atoms with Gasteiger partial charge in [0.25, 0.3) is 0 Å². The van der Waals surface area contributed by atoms with Gasteiger partial charge >= 0.3 is 0 Å². The minimum Gasteiger partial charge on any atom is -0.391 e. The molecule has 9 nitrogen and oxygen atoms in total. The van der Waals surface area contributed by atoms with Crippen LogP contribution in [0.2, 0.25) is 0 Å². The Kier molecular flexibility index (Phi) is 6.20. The Bertz CT molecular complexity index is 361. The van der Waals surface area contributed by atoms with E-state index >= 15 is 0 Å². The first-order valence-corrected chi connectivity index (χ1v) is 6.55. The second-order valence-corrected chi connectivity index (χ2v) is 5.30. The molecule has 1 rings (SSSR count). The van der Waals surface area contributed by atoms with Gasteiger partial charge in [0.1, 0.15) is 42.7 Å². The van der Waals surface area contributed by atoms with E-state index in [1.807, 2.05) is 0 Å². The van der Waals surface area contributed by atoms with Crippen LogP contribution in [0.4, 0.5) is 0 Å². The van der Waals surface area contributed by atoms with Crippen LogP contribution in [0, 0.1) is 0 Å². The topological polar surface area (TPSA) is 168 Å². The lowest BCUT2D eigenvalue weighted by Gasteiger charge is -2.39. The first kappa shape index (κ1) is 18.4. The molecule has 0 aromatic heterocycles. The van der Waals surface area contributed by atoms with Crippen molar-refractivity contribution in [2.75, 3.05) is 0 Å². The Morgan fingerprint density at radius 2 is 1.48 bits per heavy atom. The zero-order chi connectivity index (χ0) is 16.5. The number of aliphatic hydroxyl groups excluding tert-OH is 7. The van der Waals surface area contributed by atoms with Crippen molar-refractivity contribution in [3.8, 4) is 0 Å². The third-order valence-corrected chi connectivity index (χ3v) is 3.59. The maximum absolute atomic E-state index is 12.0. The molecule has 1 aliphatic rings. The van der Waals surface area contributed by atoms with Gasteiger partial charge < -0.3 is 40.5 Å². The summed E-state index contributed by atoms with van der Waals surface area (Å²) in [6, 6.07) is 0. The smallest absolute Gasteiger partial charge is 0.195 e. The molecule has 0 amide bonds. The molecule has 9 atom stereocenters. The van der Waals surface area contributed by atoms with Gasteiger partial charge in [-0.25, -0.2) is 0 Å². The number of hydrogen-bond acceptors (Lipinski definition) is 9. The maximum atomic E-state index is 12.0. The molecule has 0 aliphatic carbocycles. The molecule has 1 heterocycles. The summed E-state index contributed by atoms with van der Waals surface area (Å²) in [5.41, 5.74) is 0. The number of rotatable bonds is 5. The molecule has 0 spiro atoms. The molecular weight excluding hydrogens is 288 g/mol. The molecule has 0 aromatic carbocycles. The summed E-state index contributed by atoms with van der Waals surface area (Å²) in [6.45, 7) is 2.51. The highest BCUT2D eigenvalue weighted by molar-refractivity contribution is 5.88. The number of ketones is 1. The highest BCUT2D eigenvalue weighted by Gasteiger charge is 2.48. The van der Waals surface area contributed by atoms with E-state index in [-0.39, 0.29) is 0 Å². The van der Waals surface area contributed by atoms with E-state index in [2.05, 4.69) is 0 Å². The monoisotopic (exact) mass is 310 g/mol. The first-order chi connectivity index (χ1) is 9.59. The fourth-order valence-corrected chi connectivity index (χ4v) is 2.10. The number of ether oxygens (including phenoxy) is 1. The Labute approximate surface area is 121 Å². The van der Waals surface area contributed by atoms with Crippen molar-refractivity contribution in [3.05, 3.63) is 0 Å². The average Bonchev–Trinajstić information content (AvgIpc) is 2.45. The van der Waals surface area contributed by atoms with Crippen molar-refractivity contribution in [2.45, 2.75) is 68.8 Å². The lowest BCUT2D eigenvalue weighted by Crippen LogP contribution is -2.62. The van der Waals surface area contributed by atoms with Gasteiger partial charge in [0.05, 0.1) is 12.2 Å². The van der Waals surface area contributed by atoms with Gasteiger partial charge in [-0.1, -0.05) is 0 Å². The second kappa shape index (κ2) is 7.07. The van der Waals surface area contributed by atoms with Gasteiger partial charge in [-0.05, 0) is 13.8 Å². The lowest BCUT2D eigenvalue weighted by molar-refractivity contribution is -0.221. The normalized spacial score (nSPS) is 39.4. The molecule has 124 valence electrons. The van der Waals surface area contributed by atoms with Crippen molar-refractivity contribution >= 4 is 5.78 Å². The van der Waals surface area contributed by atoms with Crippen LogP contribution in [0.25, 0.3) is 0 Å². The summed E-state index contributed by atoms with van der Waals surface area (Å²) < 4.78 is 5.03. The summed E-state index contributed by atoms with van der Waals surface area (Å²) in [6.07, 6.45) is -14.8. The zero-order valence-corrected chi connectivity index (χ0v) is 11.6.